The van der Waals surface area contributed by atoms with Gasteiger partial charge in [-0.3, -0.25) is 20.2 Å². The van der Waals surface area contributed by atoms with Crippen molar-refractivity contribution in [1.82, 2.24) is 0 Å². The number of rotatable bonds is 10. The predicted octanol–water partition coefficient (Wildman–Crippen LogP) is 2.09. The van der Waals surface area contributed by atoms with Gasteiger partial charge < -0.3 is 14.3 Å². The Balaban J connectivity index is 2.63. The van der Waals surface area contributed by atoms with Crippen molar-refractivity contribution >= 4 is 17.1 Å². The van der Waals surface area contributed by atoms with Crippen LogP contribution in [0, 0.1) is 20.2 Å². The minimum absolute atomic E-state index is 0.274. The van der Waals surface area contributed by atoms with E-state index in [0.717, 1.165) is 41.1 Å². The number of nitrogens with one attached hydrogen (secondary N) is 1. The smallest absolute Gasteiger partial charge is 0.299 e. The maximum atomic E-state index is 11.1. The van der Waals surface area contributed by atoms with Crippen LogP contribution >= 0.6 is 0 Å². The molecule has 1 rings (SSSR count). The van der Waals surface area contributed by atoms with Gasteiger partial charge in [-0.05, 0) is 6.07 Å². The highest BCUT2D eigenvalue weighted by atomic mass is 16.6. The molecule has 140 valence electrons. The van der Waals surface area contributed by atoms with Gasteiger partial charge >= 0.3 is 0 Å². The molecule has 0 saturated heterocycles. The summed E-state index contributed by atoms with van der Waals surface area (Å²) in [5.41, 5.74) is -0.250. The van der Waals surface area contributed by atoms with Gasteiger partial charge in [0.2, 0.25) is 0 Å². The van der Waals surface area contributed by atoms with Crippen LogP contribution in [0.5, 0.6) is 0 Å². The van der Waals surface area contributed by atoms with E-state index in [9.17, 15) is 20.2 Å². The summed E-state index contributed by atoms with van der Waals surface area (Å²) < 4.78 is 1.72. The third-order valence-corrected chi connectivity index (χ3v) is 4.01. The van der Waals surface area contributed by atoms with E-state index in [-0.39, 0.29) is 11.4 Å². The third kappa shape index (κ3) is 7.44. The molecule has 9 heteroatoms. The van der Waals surface area contributed by atoms with Crippen molar-refractivity contribution in [3.05, 3.63) is 38.4 Å². The first-order valence-electron chi connectivity index (χ1n) is 8.20. The van der Waals surface area contributed by atoms with E-state index in [2.05, 4.69) is 40.6 Å². The molecular formula is C16H29N5O4+2. The summed E-state index contributed by atoms with van der Waals surface area (Å²) in [5, 5.41) is 24.9. The number of nitrogens with zero attached hydrogens (tertiary/aromatic N) is 4. The maximum Gasteiger partial charge on any atom is 0.299 e. The molecule has 1 N–H and O–H groups in total. The van der Waals surface area contributed by atoms with Crippen molar-refractivity contribution in [2.75, 3.05) is 66.7 Å². The number of anilines is 1. The Morgan fingerprint density at radius 2 is 1.60 bits per heavy atom. The van der Waals surface area contributed by atoms with Crippen molar-refractivity contribution in [1.29, 1.82) is 0 Å². The van der Waals surface area contributed by atoms with E-state index in [1.165, 1.54) is 12.1 Å². The molecule has 0 aliphatic heterocycles. The molecule has 0 aliphatic rings. The number of quaternary nitrogens is 2. The zero-order chi connectivity index (χ0) is 19.3. The molecule has 0 heterocycles. The molecule has 0 saturated carbocycles. The molecule has 0 radical (unpaired) electrons. The number of nitro groups is 2. The van der Waals surface area contributed by atoms with E-state index < -0.39 is 9.85 Å². The van der Waals surface area contributed by atoms with Gasteiger partial charge in [-0.15, -0.1) is 0 Å². The quantitative estimate of drug-likeness (QED) is 0.394. The van der Waals surface area contributed by atoms with E-state index in [1.54, 1.807) is 0 Å². The van der Waals surface area contributed by atoms with Crippen LogP contribution in [-0.4, -0.2) is 80.2 Å². The molecule has 0 amide bonds. The van der Waals surface area contributed by atoms with Crippen molar-refractivity contribution in [3.8, 4) is 0 Å². The minimum atomic E-state index is -0.634. The molecule has 9 nitrogen and oxygen atoms in total. The van der Waals surface area contributed by atoms with Crippen LogP contribution in [0.4, 0.5) is 17.1 Å². The fraction of sp³-hybridized carbons (Fsp3) is 0.625. The van der Waals surface area contributed by atoms with Crippen LogP contribution in [-0.2, 0) is 0 Å². The number of non-ortho nitro benzene ring substituents is 1. The summed E-state index contributed by atoms with van der Waals surface area (Å²) in [7, 11) is 10.7. The van der Waals surface area contributed by atoms with Gasteiger partial charge in [0, 0.05) is 12.5 Å². The molecule has 0 fully saturated rings. The second-order valence-electron chi connectivity index (χ2n) is 7.89. The van der Waals surface area contributed by atoms with Gasteiger partial charge in [0.05, 0.1) is 77.3 Å². The SMILES string of the molecule is C[N+](C)(C)CCC[N+](C)(C)CCNc1ccc([N+](=O)[O-])cc1[N+](=O)[O-]. The highest BCUT2D eigenvalue weighted by Crippen LogP contribution is 2.28. The van der Waals surface area contributed by atoms with Crippen LogP contribution < -0.4 is 5.32 Å². The molecule has 0 unspecified atom stereocenters. The Bertz CT molecular complexity index is 625. The average Bonchev–Trinajstić information content (AvgIpc) is 2.45. The fourth-order valence-corrected chi connectivity index (χ4v) is 2.51. The van der Waals surface area contributed by atoms with Gasteiger partial charge in [0.25, 0.3) is 11.4 Å². The van der Waals surface area contributed by atoms with Crippen LogP contribution in [0.3, 0.4) is 0 Å². The predicted molar refractivity (Wildman–Crippen MR) is 97.6 cm³/mol. The first kappa shape index (κ1) is 20.8. The van der Waals surface area contributed by atoms with E-state index in [1.807, 2.05) is 0 Å². The fourth-order valence-electron chi connectivity index (χ4n) is 2.51. The van der Waals surface area contributed by atoms with Crippen molar-refractivity contribution in [2.45, 2.75) is 6.42 Å². The molecular weight excluding hydrogens is 326 g/mol. The van der Waals surface area contributed by atoms with Crippen LogP contribution in [0.15, 0.2) is 18.2 Å². The molecule has 0 bridgehead atoms. The Morgan fingerprint density at radius 3 is 2.12 bits per heavy atom. The monoisotopic (exact) mass is 355 g/mol. The number of hydrogen-bond acceptors (Lipinski definition) is 5. The lowest BCUT2D eigenvalue weighted by molar-refractivity contribution is -0.900. The first-order chi connectivity index (χ1) is 11.4. The van der Waals surface area contributed by atoms with Crippen molar-refractivity contribution < 1.29 is 18.8 Å². The highest BCUT2D eigenvalue weighted by Gasteiger charge is 2.21. The second-order valence-corrected chi connectivity index (χ2v) is 7.89. The molecule has 1 aromatic rings. The van der Waals surface area contributed by atoms with Crippen molar-refractivity contribution in [3.63, 3.8) is 0 Å². The number of benzene rings is 1. The minimum Gasteiger partial charge on any atom is -0.374 e. The topological polar surface area (TPSA) is 98.3 Å². The molecule has 1 aromatic carbocycles. The van der Waals surface area contributed by atoms with E-state index in [0.29, 0.717) is 12.2 Å². The zero-order valence-corrected chi connectivity index (χ0v) is 15.7. The largest absolute Gasteiger partial charge is 0.374 e. The molecule has 0 aliphatic carbocycles. The Morgan fingerprint density at radius 1 is 0.960 bits per heavy atom. The summed E-state index contributed by atoms with van der Waals surface area (Å²) in [6.07, 6.45) is 1.09. The summed E-state index contributed by atoms with van der Waals surface area (Å²) >= 11 is 0. The van der Waals surface area contributed by atoms with Gasteiger partial charge in [0.1, 0.15) is 5.69 Å². The van der Waals surface area contributed by atoms with E-state index >= 15 is 0 Å². The average molecular weight is 355 g/mol. The third-order valence-electron chi connectivity index (χ3n) is 4.01. The molecule has 25 heavy (non-hydrogen) atoms. The van der Waals surface area contributed by atoms with E-state index in [4.69, 9.17) is 0 Å². The molecule has 0 aromatic heterocycles. The number of likely N-dealkylation sites (N-methyl/N-ethyl adjacent to an activating group) is 1. The normalized spacial score (nSPS) is 12.0. The lowest BCUT2D eigenvalue weighted by atomic mass is 10.2. The second kappa shape index (κ2) is 8.21. The maximum absolute atomic E-state index is 11.1. The van der Waals surface area contributed by atoms with Crippen molar-refractivity contribution in [2.24, 2.45) is 0 Å². The Kier molecular flexibility index (Phi) is 6.83. The summed E-state index contributed by atoms with van der Waals surface area (Å²) in [4.78, 5) is 20.7. The van der Waals surface area contributed by atoms with Gasteiger partial charge in [-0.25, -0.2) is 0 Å². The van der Waals surface area contributed by atoms with Crippen LogP contribution in [0.1, 0.15) is 6.42 Å². The highest BCUT2D eigenvalue weighted by molar-refractivity contribution is 5.65. The number of hydrogen-bond donors (Lipinski definition) is 1. The lowest BCUT2D eigenvalue weighted by Gasteiger charge is -2.31. The Labute approximate surface area is 148 Å². The van der Waals surface area contributed by atoms with Gasteiger partial charge in [0.15, 0.2) is 0 Å². The molecule has 0 atom stereocenters. The van der Waals surface area contributed by atoms with Gasteiger partial charge in [-0.1, -0.05) is 0 Å². The van der Waals surface area contributed by atoms with Crippen LogP contribution in [0.2, 0.25) is 0 Å². The molecule has 0 spiro atoms. The van der Waals surface area contributed by atoms with Gasteiger partial charge in [-0.2, -0.15) is 0 Å². The lowest BCUT2D eigenvalue weighted by Crippen LogP contribution is -2.46. The number of nitro benzene ring substituents is 2. The van der Waals surface area contributed by atoms with Crippen LogP contribution in [0.25, 0.3) is 0 Å². The zero-order valence-electron chi connectivity index (χ0n) is 15.7. The summed E-state index contributed by atoms with van der Waals surface area (Å²) in [6.45, 7) is 3.45. The summed E-state index contributed by atoms with van der Waals surface area (Å²) in [5.74, 6) is 0. The standard InChI is InChI=1S/C16H29N5O4/c1-20(2,3)10-6-11-21(4,5)12-9-17-15-8-7-14(18(22)23)13-16(15)19(24)25/h7-8,13,17H,6,9-12H2,1-5H3/q+2. The summed E-state index contributed by atoms with van der Waals surface area (Å²) in [6, 6.07) is 3.66. The first-order valence-corrected chi connectivity index (χ1v) is 8.20. The Hall–Kier alpha value is -2.26.